The Morgan fingerprint density at radius 3 is 2.44 bits per heavy atom. The normalized spacial score (nSPS) is 13.5. The monoisotopic (exact) mass is 336 g/mol. The Balaban J connectivity index is 1.76. The van der Waals surface area contributed by atoms with E-state index in [1.807, 2.05) is 12.1 Å². The first-order valence-electron chi connectivity index (χ1n) is 8.71. The van der Waals surface area contributed by atoms with E-state index in [1.54, 1.807) is 0 Å². The highest BCUT2D eigenvalue weighted by molar-refractivity contribution is 5.87. The van der Waals surface area contributed by atoms with Crippen LogP contribution in [0.4, 0.5) is 10.1 Å². The minimum Gasteiger partial charge on any atom is -0.357 e. The molecule has 0 unspecified atom stereocenters. The lowest BCUT2D eigenvalue weighted by molar-refractivity contribution is 0.305. The third-order valence-electron chi connectivity index (χ3n) is 4.88. The summed E-state index contributed by atoms with van der Waals surface area (Å²) in [5.41, 5.74) is 8.20. The first-order chi connectivity index (χ1) is 12.0. The first kappa shape index (κ1) is 17.4. The topological polar surface area (TPSA) is 15.3 Å². The Kier molecular flexibility index (Phi) is 5.05. The summed E-state index contributed by atoms with van der Waals surface area (Å²) in [6, 6.07) is 11.0. The van der Waals surface area contributed by atoms with Gasteiger partial charge in [-0.1, -0.05) is 37.8 Å². The second-order valence-electron chi connectivity index (χ2n) is 6.68. The molecule has 0 aliphatic carbocycles. The second-order valence-corrected chi connectivity index (χ2v) is 6.68. The molecule has 1 heterocycles. The zero-order chi connectivity index (χ0) is 18.0. The summed E-state index contributed by atoms with van der Waals surface area (Å²) >= 11 is 0. The highest BCUT2D eigenvalue weighted by Gasteiger charge is 2.17. The fourth-order valence-electron chi connectivity index (χ4n) is 3.18. The molecule has 0 atom stereocenters. The minimum absolute atomic E-state index is 0.192. The maximum atomic E-state index is 13.1. The van der Waals surface area contributed by atoms with Gasteiger partial charge in [0, 0.05) is 30.0 Å². The lowest BCUT2D eigenvalue weighted by Gasteiger charge is -2.28. The highest BCUT2D eigenvalue weighted by Crippen LogP contribution is 2.34. The molecule has 0 radical (unpaired) electrons. The molecule has 2 aromatic rings. The molecule has 25 heavy (non-hydrogen) atoms. The molecular weight excluding hydrogens is 311 g/mol. The molecule has 1 aliphatic rings. The fraction of sp³-hybridized carbons (Fsp3) is 0.273. The zero-order valence-electron chi connectivity index (χ0n) is 15.2. The van der Waals surface area contributed by atoms with Crippen molar-refractivity contribution in [2.24, 2.45) is 0 Å². The number of anilines is 1. The molecule has 0 saturated carbocycles. The van der Waals surface area contributed by atoms with E-state index in [9.17, 15) is 4.39 Å². The summed E-state index contributed by atoms with van der Waals surface area (Å²) in [6.07, 6.45) is 2.13. The summed E-state index contributed by atoms with van der Waals surface area (Å²) in [4.78, 5) is 2.33. The molecule has 0 spiro atoms. The summed E-state index contributed by atoms with van der Waals surface area (Å²) in [5.74, 6) is -0.192. The van der Waals surface area contributed by atoms with E-state index in [-0.39, 0.29) is 5.82 Å². The molecule has 3 rings (SSSR count). The fourth-order valence-corrected chi connectivity index (χ4v) is 3.18. The Bertz CT molecular complexity index is 819. The van der Waals surface area contributed by atoms with Crippen LogP contribution in [0.1, 0.15) is 29.2 Å². The van der Waals surface area contributed by atoms with E-state index >= 15 is 0 Å². The minimum atomic E-state index is -0.192. The lowest BCUT2D eigenvalue weighted by atomic mass is 9.94. The van der Waals surface area contributed by atoms with Crippen LogP contribution < -0.4 is 5.32 Å². The maximum Gasteiger partial charge on any atom is 0.123 e. The van der Waals surface area contributed by atoms with Gasteiger partial charge in [-0.05, 0) is 60.9 Å². The van der Waals surface area contributed by atoms with Gasteiger partial charge in [0.1, 0.15) is 5.82 Å². The molecule has 0 bridgehead atoms. The zero-order valence-corrected chi connectivity index (χ0v) is 15.2. The van der Waals surface area contributed by atoms with Crippen LogP contribution in [0.5, 0.6) is 0 Å². The molecule has 0 fully saturated rings. The smallest absolute Gasteiger partial charge is 0.123 e. The molecule has 3 heteroatoms. The van der Waals surface area contributed by atoms with E-state index in [0.29, 0.717) is 0 Å². The third-order valence-corrected chi connectivity index (χ3v) is 4.88. The van der Waals surface area contributed by atoms with Crippen LogP contribution in [-0.4, -0.2) is 18.0 Å². The quantitative estimate of drug-likeness (QED) is 0.798. The second kappa shape index (κ2) is 7.24. The molecule has 2 nitrogen and oxygen atoms in total. The summed E-state index contributed by atoms with van der Waals surface area (Å²) in [5, 5.41) is 3.59. The number of likely N-dealkylation sites (N-methyl/N-ethyl adjacent to an activating group) is 1. The Morgan fingerprint density at radius 1 is 1.04 bits per heavy atom. The van der Waals surface area contributed by atoms with E-state index in [0.717, 1.165) is 36.5 Å². The van der Waals surface area contributed by atoms with Crippen LogP contribution in [0, 0.1) is 19.7 Å². The number of nitrogens with zero attached hydrogens (tertiary/aromatic N) is 1. The van der Waals surface area contributed by atoms with E-state index < -0.39 is 0 Å². The third kappa shape index (κ3) is 3.83. The van der Waals surface area contributed by atoms with E-state index in [4.69, 9.17) is 0 Å². The number of hydrogen-bond acceptors (Lipinski definition) is 2. The van der Waals surface area contributed by atoms with Gasteiger partial charge in [-0.15, -0.1) is 0 Å². The van der Waals surface area contributed by atoms with Crippen molar-refractivity contribution < 1.29 is 4.39 Å². The number of aryl methyl sites for hydroxylation is 1. The number of halogens is 1. The van der Waals surface area contributed by atoms with Gasteiger partial charge in [0.2, 0.25) is 0 Å². The van der Waals surface area contributed by atoms with Gasteiger partial charge >= 0.3 is 0 Å². The Morgan fingerprint density at radius 2 is 1.76 bits per heavy atom. The molecular formula is C22H25FN2. The predicted octanol–water partition coefficient (Wildman–Crippen LogP) is 5.29. The summed E-state index contributed by atoms with van der Waals surface area (Å²) in [7, 11) is 0. The summed E-state index contributed by atoms with van der Waals surface area (Å²) in [6.45, 7) is 13.2. The van der Waals surface area contributed by atoms with Crippen molar-refractivity contribution in [3.8, 4) is 0 Å². The van der Waals surface area contributed by atoms with Crippen LogP contribution in [0.15, 0.2) is 54.8 Å². The molecule has 1 N–H and O–H groups in total. The van der Waals surface area contributed by atoms with Crippen LogP contribution in [0.25, 0.3) is 5.57 Å². The number of nitrogens with one attached hydrogen (secondary N) is 1. The van der Waals surface area contributed by atoms with Gasteiger partial charge in [-0.2, -0.15) is 0 Å². The van der Waals surface area contributed by atoms with Gasteiger partial charge in [-0.3, -0.25) is 4.90 Å². The molecule has 130 valence electrons. The van der Waals surface area contributed by atoms with Gasteiger partial charge in [0.05, 0.1) is 0 Å². The number of rotatable bonds is 5. The number of benzene rings is 2. The molecule has 0 aromatic heterocycles. The summed E-state index contributed by atoms with van der Waals surface area (Å²) < 4.78 is 13.1. The van der Waals surface area contributed by atoms with Crippen LogP contribution >= 0.6 is 0 Å². The average molecular weight is 336 g/mol. The molecule has 1 aliphatic heterocycles. The van der Waals surface area contributed by atoms with Gasteiger partial charge in [-0.25, -0.2) is 4.39 Å². The van der Waals surface area contributed by atoms with Crippen molar-refractivity contribution in [1.82, 2.24) is 4.90 Å². The maximum absolute atomic E-state index is 13.1. The predicted molar refractivity (Wildman–Crippen MR) is 104 cm³/mol. The lowest BCUT2D eigenvalue weighted by Crippen LogP contribution is -2.28. The van der Waals surface area contributed by atoms with Crippen molar-refractivity contribution in [3.63, 3.8) is 0 Å². The van der Waals surface area contributed by atoms with Gasteiger partial charge < -0.3 is 5.32 Å². The Hall–Kier alpha value is -2.39. The van der Waals surface area contributed by atoms with Crippen LogP contribution in [0.2, 0.25) is 0 Å². The van der Waals surface area contributed by atoms with Crippen LogP contribution in [-0.2, 0) is 6.54 Å². The molecule has 2 aromatic carbocycles. The number of hydrogen-bond donors (Lipinski definition) is 1. The van der Waals surface area contributed by atoms with Crippen molar-refractivity contribution in [1.29, 1.82) is 0 Å². The largest absolute Gasteiger partial charge is 0.357 e. The first-order valence-corrected chi connectivity index (χ1v) is 8.71. The SMILES string of the molecule is C=C1C=C(CN(CC)Cc2ccc(F)cc2)Nc2c1ccc(C)c2C. The van der Waals surface area contributed by atoms with Gasteiger partial charge in [0.25, 0.3) is 0 Å². The van der Waals surface area contributed by atoms with E-state index in [1.165, 1.54) is 34.5 Å². The van der Waals surface area contributed by atoms with Crippen molar-refractivity contribution >= 4 is 11.3 Å². The standard InChI is InChI=1S/C22H25FN2/c1-5-25(13-18-7-9-19(23)10-8-18)14-20-12-16(3)21-11-6-15(2)17(4)22(21)24-20/h6-12,24H,3,5,13-14H2,1-2,4H3. The van der Waals surface area contributed by atoms with Crippen molar-refractivity contribution in [2.45, 2.75) is 27.3 Å². The van der Waals surface area contributed by atoms with Crippen molar-refractivity contribution in [2.75, 3.05) is 18.4 Å². The van der Waals surface area contributed by atoms with Crippen molar-refractivity contribution in [3.05, 3.63) is 82.8 Å². The molecule has 0 amide bonds. The highest BCUT2D eigenvalue weighted by atomic mass is 19.1. The number of fused-ring (bicyclic) bond motifs is 1. The van der Waals surface area contributed by atoms with Gasteiger partial charge in [0.15, 0.2) is 0 Å². The average Bonchev–Trinajstić information content (AvgIpc) is 2.60. The van der Waals surface area contributed by atoms with Crippen LogP contribution in [0.3, 0.4) is 0 Å². The van der Waals surface area contributed by atoms with E-state index in [2.05, 4.69) is 55.8 Å². The number of allylic oxidation sites excluding steroid dienone is 2. The molecule has 0 saturated heterocycles. The Labute approximate surface area is 149 Å².